The summed E-state index contributed by atoms with van der Waals surface area (Å²) in [5, 5.41) is 2.62. The first-order valence-electron chi connectivity index (χ1n) is 14.3. The molecule has 39 heavy (non-hydrogen) atoms. The molecule has 6 rings (SSSR count). The van der Waals surface area contributed by atoms with E-state index in [0.29, 0.717) is 5.92 Å². The minimum atomic E-state index is 0.110. The van der Waals surface area contributed by atoms with Gasteiger partial charge in [-0.05, 0) is 30.6 Å². The number of hydrogen-bond donors (Lipinski definition) is 0. The Bertz CT molecular complexity index is 1570. The molecule has 0 heterocycles. The van der Waals surface area contributed by atoms with Gasteiger partial charge in [0.25, 0.3) is 0 Å². The molecule has 194 valence electrons. The zero-order chi connectivity index (χ0) is 27.4. The molecule has 0 radical (unpaired) electrons. The molecule has 0 saturated heterocycles. The van der Waals surface area contributed by atoms with Crippen molar-refractivity contribution in [3.63, 3.8) is 0 Å². The van der Waals surface area contributed by atoms with Crippen LogP contribution in [0.2, 0.25) is 0 Å². The van der Waals surface area contributed by atoms with E-state index in [9.17, 15) is 0 Å². The normalized spacial score (nSPS) is 18.8. The maximum absolute atomic E-state index is 3.80. The maximum atomic E-state index is 3.80. The summed E-state index contributed by atoms with van der Waals surface area (Å²) >= 11 is 1.46. The van der Waals surface area contributed by atoms with Crippen LogP contribution in [-0.4, -0.2) is 3.21 Å². The molecule has 0 nitrogen and oxygen atoms in total. The number of rotatable bonds is 6. The summed E-state index contributed by atoms with van der Waals surface area (Å²) in [6.07, 6.45) is 18.7. The van der Waals surface area contributed by atoms with Crippen molar-refractivity contribution in [1.29, 1.82) is 0 Å². The van der Waals surface area contributed by atoms with Gasteiger partial charge in [-0.15, -0.1) is 33.7 Å². The summed E-state index contributed by atoms with van der Waals surface area (Å²) in [6.45, 7) is 9.27. The topological polar surface area (TPSA) is 0 Å². The number of aryl methyl sites for hydroxylation is 1. The van der Waals surface area contributed by atoms with Gasteiger partial charge < -0.3 is 0 Å². The number of hydrogen-bond acceptors (Lipinski definition) is 0. The van der Waals surface area contributed by atoms with E-state index < -0.39 is 0 Å². The van der Waals surface area contributed by atoms with Gasteiger partial charge in [0.15, 0.2) is 0 Å². The molecule has 3 aliphatic carbocycles. The molecule has 0 bridgehead atoms. The van der Waals surface area contributed by atoms with Gasteiger partial charge in [0, 0.05) is 0 Å². The summed E-state index contributed by atoms with van der Waals surface area (Å²) in [7, 11) is 0. The quantitative estimate of drug-likeness (QED) is 0.261. The molecular formula is C38H37Zr-. The van der Waals surface area contributed by atoms with Gasteiger partial charge in [-0.3, -0.25) is 0 Å². The van der Waals surface area contributed by atoms with Crippen molar-refractivity contribution in [2.45, 2.75) is 47.0 Å². The Morgan fingerprint density at radius 3 is 2.13 bits per heavy atom. The molecule has 0 spiro atoms. The Kier molecular flexibility index (Phi) is 8.58. The Hall–Kier alpha value is -2.89. The molecule has 0 aromatic heterocycles. The van der Waals surface area contributed by atoms with Crippen LogP contribution in [0.25, 0.3) is 11.6 Å². The zero-order valence-corrected chi connectivity index (χ0v) is 26.0. The van der Waals surface area contributed by atoms with Crippen LogP contribution < -0.4 is 10.4 Å². The third kappa shape index (κ3) is 5.44. The fourth-order valence-electron chi connectivity index (χ4n) is 6.06. The predicted molar refractivity (Wildman–Crippen MR) is 164 cm³/mol. The van der Waals surface area contributed by atoms with Gasteiger partial charge in [-0.25, -0.2) is 0 Å². The van der Waals surface area contributed by atoms with Crippen LogP contribution in [0.4, 0.5) is 0 Å². The van der Waals surface area contributed by atoms with Crippen LogP contribution in [0.5, 0.6) is 0 Å². The number of fused-ring (bicyclic) bond motifs is 2. The minimum absolute atomic E-state index is 0.110. The van der Waals surface area contributed by atoms with Crippen molar-refractivity contribution < 1.29 is 24.2 Å². The predicted octanol–water partition coefficient (Wildman–Crippen LogP) is 7.68. The van der Waals surface area contributed by atoms with E-state index in [4.69, 9.17) is 0 Å². The van der Waals surface area contributed by atoms with Crippen LogP contribution in [0.1, 0.15) is 57.2 Å². The van der Waals surface area contributed by atoms with E-state index in [1.54, 1.807) is 0 Å². The van der Waals surface area contributed by atoms with Crippen LogP contribution in [0, 0.1) is 11.3 Å². The van der Waals surface area contributed by atoms with Gasteiger partial charge in [0.1, 0.15) is 0 Å². The average Bonchev–Trinajstić information content (AvgIpc) is 3.65. The second kappa shape index (κ2) is 12.1. The van der Waals surface area contributed by atoms with Gasteiger partial charge >= 0.3 is 99.2 Å². The third-order valence-electron chi connectivity index (χ3n) is 8.41. The molecule has 1 atom stereocenters. The average molecular weight is 585 g/mol. The van der Waals surface area contributed by atoms with Crippen LogP contribution >= 0.6 is 0 Å². The van der Waals surface area contributed by atoms with Crippen molar-refractivity contribution >= 4 is 14.9 Å². The van der Waals surface area contributed by atoms with E-state index in [-0.39, 0.29) is 5.41 Å². The van der Waals surface area contributed by atoms with Crippen molar-refractivity contribution in [1.82, 2.24) is 0 Å². The Morgan fingerprint density at radius 2 is 1.59 bits per heavy atom. The van der Waals surface area contributed by atoms with E-state index in [0.717, 1.165) is 19.3 Å². The van der Waals surface area contributed by atoms with Crippen molar-refractivity contribution in [3.8, 4) is 0 Å². The standard InChI is InChI=1S/C25H27.C13H10.Zr/c1-5-18-11-12-21-20(15-18)16-23-22(21)13-14-25(6-2,17(3)4)24(23)19-9-7-8-10-19;1-3-7-12(8-4-1)11-13-9-5-2-6-10-13;/h7-9,11-15,17H,5-6,10H2,1-4H3;1-10H;/q-1;;. The summed E-state index contributed by atoms with van der Waals surface area (Å²) in [5.41, 5.74) is 9.86. The van der Waals surface area contributed by atoms with E-state index in [2.05, 4.69) is 143 Å². The molecule has 0 N–H and O–H groups in total. The van der Waals surface area contributed by atoms with Gasteiger partial charge in [-0.2, -0.15) is 0 Å². The molecule has 0 amide bonds. The fraction of sp³-hybridized carbons (Fsp3) is 0.237. The monoisotopic (exact) mass is 583 g/mol. The molecule has 0 saturated carbocycles. The third-order valence-corrected chi connectivity index (χ3v) is 9.83. The van der Waals surface area contributed by atoms with Crippen molar-refractivity contribution in [3.05, 3.63) is 153 Å². The molecule has 3 aromatic carbocycles. The van der Waals surface area contributed by atoms with E-state index in [1.807, 2.05) is 0 Å². The van der Waals surface area contributed by atoms with Crippen LogP contribution in [0.15, 0.2) is 126 Å². The van der Waals surface area contributed by atoms with Gasteiger partial charge in [0.2, 0.25) is 0 Å². The Morgan fingerprint density at radius 1 is 0.923 bits per heavy atom. The SMILES string of the molecule is CCc1ccc2c(c1)=[C-]C1=C(C3=CC=CC3)C(CC)(C(C)C)C=CC=21.[Zr]=[C](c1ccccc1)c1ccccc1. The summed E-state index contributed by atoms with van der Waals surface area (Å²) < 4.78 is 1.42. The second-order valence-corrected chi connectivity index (χ2v) is 12.1. The first kappa shape index (κ1) is 27.7. The van der Waals surface area contributed by atoms with E-state index >= 15 is 0 Å². The van der Waals surface area contributed by atoms with Gasteiger partial charge in [-0.1, -0.05) is 86.9 Å². The summed E-state index contributed by atoms with van der Waals surface area (Å²) in [4.78, 5) is 0. The second-order valence-electron chi connectivity index (χ2n) is 10.8. The molecule has 0 aliphatic heterocycles. The molecule has 3 aliphatic rings. The zero-order valence-electron chi connectivity index (χ0n) is 23.6. The number of allylic oxidation sites excluding steroid dienone is 8. The molecular weight excluding hydrogens is 548 g/mol. The first-order valence-corrected chi connectivity index (χ1v) is 15.5. The Labute approximate surface area is 249 Å². The first-order chi connectivity index (χ1) is 19.0. The fourth-order valence-corrected chi connectivity index (χ4v) is 6.88. The van der Waals surface area contributed by atoms with E-state index in [1.165, 1.54) is 76.9 Å². The summed E-state index contributed by atoms with van der Waals surface area (Å²) in [6, 6.07) is 28.0. The van der Waals surface area contributed by atoms with Crippen LogP contribution in [-0.2, 0) is 30.7 Å². The number of benzene rings is 3. The molecule has 0 fully saturated rings. The molecule has 1 unspecified atom stereocenters. The molecule has 3 aromatic rings. The summed E-state index contributed by atoms with van der Waals surface area (Å²) in [5.74, 6) is 0.566. The molecule has 1 heteroatoms. The van der Waals surface area contributed by atoms with Crippen LogP contribution in [0.3, 0.4) is 0 Å². The Balaban J connectivity index is 0.000000186. The van der Waals surface area contributed by atoms with Crippen molar-refractivity contribution in [2.24, 2.45) is 11.3 Å². The van der Waals surface area contributed by atoms with Crippen molar-refractivity contribution in [2.75, 3.05) is 0 Å². The van der Waals surface area contributed by atoms with Gasteiger partial charge in [0.05, 0.1) is 0 Å².